The second-order valence-corrected chi connectivity index (χ2v) is 5.64. The molecule has 0 spiro atoms. The highest BCUT2D eigenvalue weighted by Gasteiger charge is 2.24. The lowest BCUT2D eigenvalue weighted by Crippen LogP contribution is -2.44. The molecule has 0 fully saturated rings. The number of benzene rings is 2. The van der Waals surface area contributed by atoms with Crippen molar-refractivity contribution < 1.29 is 4.79 Å². The first-order chi connectivity index (χ1) is 10.1. The summed E-state index contributed by atoms with van der Waals surface area (Å²) < 4.78 is 0. The van der Waals surface area contributed by atoms with E-state index in [0.717, 1.165) is 24.2 Å². The maximum Gasteiger partial charge on any atom is 0.241 e. The summed E-state index contributed by atoms with van der Waals surface area (Å²) in [6.07, 6.45) is 0.743. The van der Waals surface area contributed by atoms with Crippen molar-refractivity contribution in [1.29, 1.82) is 0 Å². The zero-order valence-corrected chi connectivity index (χ0v) is 12.4. The van der Waals surface area contributed by atoms with Gasteiger partial charge in [0.2, 0.25) is 5.91 Å². The van der Waals surface area contributed by atoms with Crippen LogP contribution in [0, 0.1) is 13.8 Å². The Morgan fingerprint density at radius 1 is 1.10 bits per heavy atom. The third kappa shape index (κ3) is 2.83. The first kappa shape index (κ1) is 13.8. The van der Waals surface area contributed by atoms with E-state index in [4.69, 9.17) is 0 Å². The minimum Gasteiger partial charge on any atom is -0.324 e. The number of hydrogen-bond acceptors (Lipinski definition) is 2. The van der Waals surface area contributed by atoms with E-state index in [1.807, 2.05) is 31.2 Å². The Kier molecular flexibility index (Phi) is 3.76. The number of fused-ring (bicyclic) bond motifs is 1. The third-order valence-electron chi connectivity index (χ3n) is 4.26. The summed E-state index contributed by atoms with van der Waals surface area (Å²) in [4.78, 5) is 12.5. The largest absolute Gasteiger partial charge is 0.324 e. The molecule has 2 aromatic rings. The van der Waals surface area contributed by atoms with E-state index in [9.17, 15) is 4.79 Å². The maximum atomic E-state index is 12.5. The first-order valence-corrected chi connectivity index (χ1v) is 7.32. The number of carbonyl (C=O) groups is 1. The number of nitrogens with one attached hydrogen (secondary N) is 2. The van der Waals surface area contributed by atoms with Gasteiger partial charge in [-0.25, -0.2) is 0 Å². The average Bonchev–Trinajstić information content (AvgIpc) is 2.51. The summed E-state index contributed by atoms with van der Waals surface area (Å²) in [5, 5.41) is 6.37. The molecule has 0 saturated carbocycles. The minimum atomic E-state index is -0.167. The summed E-state index contributed by atoms with van der Waals surface area (Å²) in [6.45, 7) is 4.84. The highest BCUT2D eigenvalue weighted by molar-refractivity contribution is 5.96. The molecule has 0 radical (unpaired) electrons. The van der Waals surface area contributed by atoms with Crippen molar-refractivity contribution in [3.63, 3.8) is 0 Å². The predicted molar refractivity (Wildman–Crippen MR) is 85.3 cm³/mol. The zero-order valence-electron chi connectivity index (χ0n) is 12.4. The average molecular weight is 280 g/mol. The second kappa shape index (κ2) is 5.70. The monoisotopic (exact) mass is 280 g/mol. The number of hydrogen-bond donors (Lipinski definition) is 2. The van der Waals surface area contributed by atoms with E-state index >= 15 is 0 Å². The van der Waals surface area contributed by atoms with Crippen LogP contribution in [0.1, 0.15) is 22.3 Å². The highest BCUT2D eigenvalue weighted by atomic mass is 16.2. The molecule has 1 aliphatic rings. The van der Waals surface area contributed by atoms with Gasteiger partial charge in [-0.2, -0.15) is 0 Å². The van der Waals surface area contributed by atoms with Gasteiger partial charge >= 0.3 is 0 Å². The lowest BCUT2D eigenvalue weighted by molar-refractivity contribution is -0.118. The fourth-order valence-electron chi connectivity index (χ4n) is 2.75. The number of aryl methyl sites for hydroxylation is 1. The Labute approximate surface area is 125 Å². The Bertz CT molecular complexity index is 679. The van der Waals surface area contributed by atoms with E-state index in [2.05, 4.69) is 35.8 Å². The van der Waals surface area contributed by atoms with Crippen LogP contribution in [0.5, 0.6) is 0 Å². The van der Waals surface area contributed by atoms with Crippen molar-refractivity contribution in [3.8, 4) is 0 Å². The summed E-state index contributed by atoms with van der Waals surface area (Å²) in [7, 11) is 0. The summed E-state index contributed by atoms with van der Waals surface area (Å²) in [6, 6.07) is 14.1. The van der Waals surface area contributed by atoms with Crippen molar-refractivity contribution in [3.05, 3.63) is 64.7 Å². The van der Waals surface area contributed by atoms with Crippen molar-refractivity contribution in [1.82, 2.24) is 5.32 Å². The second-order valence-electron chi connectivity index (χ2n) is 5.64. The van der Waals surface area contributed by atoms with Gasteiger partial charge in [-0.05, 0) is 48.6 Å². The van der Waals surface area contributed by atoms with Crippen LogP contribution < -0.4 is 10.6 Å². The molecule has 0 bridgehead atoms. The minimum absolute atomic E-state index is 0.0400. The molecular weight excluding hydrogens is 260 g/mol. The van der Waals surface area contributed by atoms with Crippen LogP contribution in [0.2, 0.25) is 0 Å². The molecule has 3 nitrogen and oxygen atoms in total. The predicted octanol–water partition coefficient (Wildman–Crippen LogP) is 2.96. The third-order valence-corrected chi connectivity index (χ3v) is 4.26. The quantitative estimate of drug-likeness (QED) is 0.888. The Hall–Kier alpha value is -2.13. The molecule has 0 saturated heterocycles. The van der Waals surface area contributed by atoms with Crippen LogP contribution in [-0.4, -0.2) is 11.9 Å². The molecule has 1 aliphatic heterocycles. The lowest BCUT2D eigenvalue weighted by atomic mass is 9.95. The molecular formula is C18H20N2O. The molecule has 1 amide bonds. The van der Waals surface area contributed by atoms with Gasteiger partial charge < -0.3 is 10.6 Å². The molecule has 3 heteroatoms. The van der Waals surface area contributed by atoms with Gasteiger partial charge in [0.1, 0.15) is 0 Å². The van der Waals surface area contributed by atoms with E-state index in [0.29, 0.717) is 0 Å². The standard InChI is InChI=1S/C18H20N2O/c1-12-6-5-9-16(13(12)2)20-18(21)17-10-14-7-3-4-8-15(14)11-19-17/h3-9,17,19H,10-11H2,1-2H3,(H,20,21)/t17-/m0/s1. The molecule has 3 rings (SSSR count). The molecule has 0 aliphatic carbocycles. The van der Waals surface area contributed by atoms with Crippen LogP contribution in [0.15, 0.2) is 42.5 Å². The number of amides is 1. The van der Waals surface area contributed by atoms with Gasteiger partial charge in [0.05, 0.1) is 6.04 Å². The molecule has 1 heterocycles. The molecule has 2 N–H and O–H groups in total. The highest BCUT2D eigenvalue weighted by Crippen LogP contribution is 2.20. The molecule has 108 valence electrons. The smallest absolute Gasteiger partial charge is 0.241 e. The molecule has 21 heavy (non-hydrogen) atoms. The Morgan fingerprint density at radius 3 is 2.67 bits per heavy atom. The fourth-order valence-corrected chi connectivity index (χ4v) is 2.75. The van der Waals surface area contributed by atoms with Crippen molar-refractivity contribution in [2.24, 2.45) is 0 Å². The van der Waals surface area contributed by atoms with Crippen LogP contribution in [0.25, 0.3) is 0 Å². The fraction of sp³-hybridized carbons (Fsp3) is 0.278. The Morgan fingerprint density at radius 2 is 1.86 bits per heavy atom. The first-order valence-electron chi connectivity index (χ1n) is 7.32. The number of carbonyl (C=O) groups excluding carboxylic acids is 1. The molecule has 1 atom stereocenters. The summed E-state index contributed by atoms with van der Waals surface area (Å²) in [5.41, 5.74) is 5.77. The van der Waals surface area contributed by atoms with Crippen LogP contribution in [0.3, 0.4) is 0 Å². The summed E-state index contributed by atoms with van der Waals surface area (Å²) >= 11 is 0. The van der Waals surface area contributed by atoms with Gasteiger partial charge in [-0.3, -0.25) is 4.79 Å². The van der Waals surface area contributed by atoms with Gasteiger partial charge in [0.25, 0.3) is 0 Å². The molecule has 0 aromatic heterocycles. The Balaban J connectivity index is 1.74. The molecule has 2 aromatic carbocycles. The van der Waals surface area contributed by atoms with Gasteiger partial charge in [-0.1, -0.05) is 36.4 Å². The van der Waals surface area contributed by atoms with Gasteiger partial charge in [0.15, 0.2) is 0 Å². The zero-order chi connectivity index (χ0) is 14.8. The van der Waals surface area contributed by atoms with E-state index < -0.39 is 0 Å². The van der Waals surface area contributed by atoms with Crippen molar-refractivity contribution >= 4 is 11.6 Å². The van der Waals surface area contributed by atoms with Crippen LogP contribution in [0.4, 0.5) is 5.69 Å². The normalized spacial score (nSPS) is 17.1. The van der Waals surface area contributed by atoms with E-state index in [-0.39, 0.29) is 11.9 Å². The summed E-state index contributed by atoms with van der Waals surface area (Å²) in [5.74, 6) is 0.0400. The number of rotatable bonds is 2. The van der Waals surface area contributed by atoms with Crippen molar-refractivity contribution in [2.75, 3.05) is 5.32 Å². The van der Waals surface area contributed by atoms with Crippen molar-refractivity contribution in [2.45, 2.75) is 32.9 Å². The molecule has 0 unspecified atom stereocenters. The SMILES string of the molecule is Cc1cccc(NC(=O)[C@@H]2Cc3ccccc3CN2)c1C. The van der Waals surface area contributed by atoms with Gasteiger partial charge in [0, 0.05) is 12.2 Å². The van der Waals surface area contributed by atoms with Gasteiger partial charge in [-0.15, -0.1) is 0 Å². The lowest BCUT2D eigenvalue weighted by Gasteiger charge is -2.25. The van der Waals surface area contributed by atoms with Crippen LogP contribution in [-0.2, 0) is 17.8 Å². The number of anilines is 1. The van der Waals surface area contributed by atoms with E-state index in [1.165, 1.54) is 16.7 Å². The maximum absolute atomic E-state index is 12.5. The van der Waals surface area contributed by atoms with Crippen LogP contribution >= 0.6 is 0 Å². The topological polar surface area (TPSA) is 41.1 Å². The van der Waals surface area contributed by atoms with E-state index in [1.54, 1.807) is 0 Å².